The maximum Gasteiger partial charge on any atom is 0.249 e. The fourth-order valence-corrected chi connectivity index (χ4v) is 3.14. The van der Waals surface area contributed by atoms with Gasteiger partial charge in [-0.05, 0) is 31.6 Å². The van der Waals surface area contributed by atoms with Gasteiger partial charge in [-0.25, -0.2) is 0 Å². The summed E-state index contributed by atoms with van der Waals surface area (Å²) in [6.07, 6.45) is 3.06. The lowest BCUT2D eigenvalue weighted by molar-refractivity contribution is -0.132. The van der Waals surface area contributed by atoms with Crippen LogP contribution in [0.3, 0.4) is 0 Å². The van der Waals surface area contributed by atoms with Gasteiger partial charge in [-0.2, -0.15) is 0 Å². The Kier molecular flexibility index (Phi) is 4.51. The largest absolute Gasteiger partial charge is 0.377 e. The molecule has 2 rings (SSSR count). The van der Waals surface area contributed by atoms with Crippen molar-refractivity contribution < 1.29 is 14.3 Å². The molecule has 0 spiro atoms. The van der Waals surface area contributed by atoms with Gasteiger partial charge in [0.25, 0.3) is 0 Å². The Labute approximate surface area is 116 Å². The van der Waals surface area contributed by atoms with E-state index in [9.17, 15) is 4.79 Å². The zero-order valence-corrected chi connectivity index (χ0v) is 12.6. The van der Waals surface area contributed by atoms with Crippen molar-refractivity contribution in [3.05, 3.63) is 0 Å². The smallest absolute Gasteiger partial charge is 0.249 e. The molecule has 0 bridgehead atoms. The molecule has 4 nitrogen and oxygen atoms in total. The van der Waals surface area contributed by atoms with Crippen LogP contribution in [-0.2, 0) is 14.3 Å². The zero-order chi connectivity index (χ0) is 14.0. The first-order chi connectivity index (χ1) is 8.88. The van der Waals surface area contributed by atoms with Crippen LogP contribution in [0.4, 0.5) is 0 Å². The summed E-state index contributed by atoms with van der Waals surface area (Å²) in [4.78, 5) is 12.0. The normalized spacial score (nSPS) is 35.6. The molecule has 4 heteroatoms. The summed E-state index contributed by atoms with van der Waals surface area (Å²) in [6.45, 7) is 10.1. The molecule has 0 aromatic heterocycles. The fraction of sp³-hybridized carbons (Fsp3) is 0.933. The molecule has 2 aliphatic rings. The molecular formula is C15H27NO3. The monoisotopic (exact) mass is 269 g/mol. The number of ether oxygens (including phenoxy) is 2. The van der Waals surface area contributed by atoms with Gasteiger partial charge >= 0.3 is 0 Å². The highest BCUT2D eigenvalue weighted by molar-refractivity contribution is 5.81. The molecule has 0 aromatic carbocycles. The second-order valence-electron chi connectivity index (χ2n) is 6.96. The zero-order valence-electron chi connectivity index (χ0n) is 12.6. The molecule has 2 fully saturated rings. The van der Waals surface area contributed by atoms with Crippen molar-refractivity contribution >= 4 is 5.91 Å². The van der Waals surface area contributed by atoms with E-state index in [0.29, 0.717) is 12.5 Å². The Morgan fingerprint density at radius 1 is 1.26 bits per heavy atom. The van der Waals surface area contributed by atoms with Gasteiger partial charge in [0.2, 0.25) is 5.91 Å². The molecule has 19 heavy (non-hydrogen) atoms. The lowest BCUT2D eigenvalue weighted by Gasteiger charge is -2.31. The van der Waals surface area contributed by atoms with Crippen LogP contribution in [0.5, 0.6) is 0 Å². The Bertz CT molecular complexity index is 324. The summed E-state index contributed by atoms with van der Waals surface area (Å²) < 4.78 is 11.4. The first-order valence-electron chi connectivity index (χ1n) is 7.42. The molecule has 0 radical (unpaired) electrons. The van der Waals surface area contributed by atoms with Crippen LogP contribution in [0.25, 0.3) is 0 Å². The van der Waals surface area contributed by atoms with Crippen LogP contribution >= 0.6 is 0 Å². The van der Waals surface area contributed by atoms with Crippen molar-refractivity contribution in [2.75, 3.05) is 13.2 Å². The van der Waals surface area contributed by atoms with Crippen molar-refractivity contribution in [3.8, 4) is 0 Å². The van der Waals surface area contributed by atoms with Gasteiger partial charge in [-0.15, -0.1) is 0 Å². The van der Waals surface area contributed by atoms with Crippen LogP contribution in [0.2, 0.25) is 0 Å². The maximum atomic E-state index is 12.0. The van der Waals surface area contributed by atoms with Crippen LogP contribution < -0.4 is 5.32 Å². The second-order valence-corrected chi connectivity index (χ2v) is 6.96. The molecule has 4 atom stereocenters. The lowest BCUT2D eigenvalue weighted by Crippen LogP contribution is -2.42. The van der Waals surface area contributed by atoms with Crippen LogP contribution in [-0.4, -0.2) is 37.4 Å². The average molecular weight is 269 g/mol. The third-order valence-corrected chi connectivity index (χ3v) is 4.13. The van der Waals surface area contributed by atoms with E-state index in [2.05, 4.69) is 26.1 Å². The predicted octanol–water partition coefficient (Wildman–Crippen LogP) is 2.12. The molecule has 0 saturated carbocycles. The minimum absolute atomic E-state index is 0.0453. The lowest BCUT2D eigenvalue weighted by atomic mass is 9.81. The Morgan fingerprint density at radius 2 is 2.00 bits per heavy atom. The molecule has 1 N–H and O–H groups in total. The second kappa shape index (κ2) is 5.80. The molecule has 2 heterocycles. The van der Waals surface area contributed by atoms with E-state index in [0.717, 1.165) is 25.9 Å². The van der Waals surface area contributed by atoms with Crippen LogP contribution in [0.1, 0.15) is 47.0 Å². The predicted molar refractivity (Wildman–Crippen MR) is 73.9 cm³/mol. The first kappa shape index (κ1) is 14.8. The van der Waals surface area contributed by atoms with E-state index in [-0.39, 0.29) is 29.6 Å². The standard InChI is InChI=1S/C15H27NO3/c1-10-5-6-12(19-10)14(17)16-9-11-7-8-18-13(11)15(2,3)4/h10-13H,5-9H2,1-4H3,(H,16,17)/t10-,11-,12+,13+/m1/s1. The van der Waals surface area contributed by atoms with E-state index in [1.54, 1.807) is 0 Å². The third-order valence-electron chi connectivity index (χ3n) is 4.13. The van der Waals surface area contributed by atoms with E-state index in [1.165, 1.54) is 0 Å². The number of amides is 1. The summed E-state index contributed by atoms with van der Waals surface area (Å²) in [7, 11) is 0. The number of nitrogens with one attached hydrogen (secondary N) is 1. The SMILES string of the molecule is C[C@@H]1CC[C@@H](C(=O)NC[C@H]2CCO[C@@H]2C(C)(C)C)O1. The van der Waals surface area contributed by atoms with Crippen molar-refractivity contribution in [2.45, 2.75) is 65.3 Å². The van der Waals surface area contributed by atoms with Crippen molar-refractivity contribution in [2.24, 2.45) is 11.3 Å². The topological polar surface area (TPSA) is 47.6 Å². The van der Waals surface area contributed by atoms with Crippen LogP contribution in [0, 0.1) is 11.3 Å². The molecule has 1 amide bonds. The van der Waals surface area contributed by atoms with Crippen molar-refractivity contribution in [3.63, 3.8) is 0 Å². The number of hydrogen-bond donors (Lipinski definition) is 1. The molecule has 2 saturated heterocycles. The highest BCUT2D eigenvalue weighted by Crippen LogP contribution is 2.34. The molecule has 0 aliphatic carbocycles. The molecular weight excluding hydrogens is 242 g/mol. The molecule has 0 unspecified atom stereocenters. The van der Waals surface area contributed by atoms with Gasteiger partial charge < -0.3 is 14.8 Å². The van der Waals surface area contributed by atoms with Gasteiger partial charge in [-0.3, -0.25) is 4.79 Å². The van der Waals surface area contributed by atoms with E-state index in [1.807, 2.05) is 6.92 Å². The fourth-order valence-electron chi connectivity index (χ4n) is 3.14. The minimum Gasteiger partial charge on any atom is -0.377 e. The summed E-state index contributed by atoms with van der Waals surface area (Å²) in [5, 5.41) is 3.05. The quantitative estimate of drug-likeness (QED) is 0.853. The van der Waals surface area contributed by atoms with E-state index < -0.39 is 0 Å². The van der Waals surface area contributed by atoms with Gasteiger partial charge in [0.05, 0.1) is 12.2 Å². The molecule has 2 aliphatic heterocycles. The Balaban J connectivity index is 1.80. The average Bonchev–Trinajstić information content (AvgIpc) is 2.93. The number of rotatable bonds is 3. The summed E-state index contributed by atoms with van der Waals surface area (Å²) >= 11 is 0. The van der Waals surface area contributed by atoms with Gasteiger partial charge in [0.1, 0.15) is 6.10 Å². The number of hydrogen-bond acceptors (Lipinski definition) is 3. The van der Waals surface area contributed by atoms with E-state index in [4.69, 9.17) is 9.47 Å². The summed E-state index contributed by atoms with van der Waals surface area (Å²) in [5.74, 6) is 0.465. The Morgan fingerprint density at radius 3 is 2.58 bits per heavy atom. The van der Waals surface area contributed by atoms with Gasteiger partial charge in [0.15, 0.2) is 0 Å². The Hall–Kier alpha value is -0.610. The van der Waals surface area contributed by atoms with Crippen molar-refractivity contribution in [1.82, 2.24) is 5.32 Å². The third kappa shape index (κ3) is 3.69. The number of carbonyl (C=O) groups excluding carboxylic acids is 1. The van der Waals surface area contributed by atoms with Gasteiger partial charge in [0, 0.05) is 19.1 Å². The highest BCUT2D eigenvalue weighted by Gasteiger charge is 2.37. The maximum absolute atomic E-state index is 12.0. The van der Waals surface area contributed by atoms with Crippen molar-refractivity contribution in [1.29, 1.82) is 0 Å². The highest BCUT2D eigenvalue weighted by atomic mass is 16.5. The molecule has 110 valence electrons. The first-order valence-corrected chi connectivity index (χ1v) is 7.42. The van der Waals surface area contributed by atoms with Crippen LogP contribution in [0.15, 0.2) is 0 Å². The van der Waals surface area contributed by atoms with Gasteiger partial charge in [-0.1, -0.05) is 20.8 Å². The minimum atomic E-state index is -0.245. The summed E-state index contributed by atoms with van der Waals surface area (Å²) in [6, 6.07) is 0. The molecule has 0 aromatic rings. The summed E-state index contributed by atoms with van der Waals surface area (Å²) in [5.41, 5.74) is 0.129. The number of carbonyl (C=O) groups is 1. The van der Waals surface area contributed by atoms with E-state index >= 15 is 0 Å².